The lowest BCUT2D eigenvalue weighted by Gasteiger charge is -2.51. The van der Waals surface area contributed by atoms with Gasteiger partial charge in [0.15, 0.2) is 17.7 Å². The number of hydrogen-bond donors (Lipinski definition) is 2. The van der Waals surface area contributed by atoms with Crippen molar-refractivity contribution in [3.63, 3.8) is 0 Å². The summed E-state index contributed by atoms with van der Waals surface area (Å²) in [6.07, 6.45) is 0.225. The molecule has 2 aromatic heterocycles. The molecule has 10 nitrogen and oxygen atoms in total. The number of rotatable bonds is 5. The molecule has 0 spiro atoms. The van der Waals surface area contributed by atoms with E-state index in [0.717, 1.165) is 0 Å². The molecule has 2 aliphatic heterocycles. The molecule has 0 bridgehead atoms. The first kappa shape index (κ1) is 25.7. The van der Waals surface area contributed by atoms with Gasteiger partial charge in [0, 0.05) is 0 Å². The van der Waals surface area contributed by atoms with E-state index in [-0.39, 0.29) is 28.0 Å². The molecule has 0 aromatic carbocycles. The standard InChI is InChI=1S/C22H39N5O5Si2/c1-12(2)33(13(3)4)29-9-16-19(31-34(32-33,14(5)6)15(7)8)18(28)22(30-16)27-11-26-17-20(23)24-10-25-21(17)27/h10-16,18-19,22,28H,9H2,1-8H3,(H2,23,24,25)/t16-,18+,19-,22?/m1/s1. The van der Waals surface area contributed by atoms with Gasteiger partial charge in [0.05, 0.1) is 12.9 Å². The van der Waals surface area contributed by atoms with Gasteiger partial charge in [-0.1, -0.05) is 55.4 Å². The first-order valence-corrected chi connectivity index (χ1v) is 16.2. The highest BCUT2D eigenvalue weighted by Gasteiger charge is 2.61. The molecule has 2 aliphatic rings. The normalized spacial score (nSPS) is 29.2. The quantitative estimate of drug-likeness (QED) is 0.581. The third-order valence-electron chi connectivity index (χ3n) is 7.30. The van der Waals surface area contributed by atoms with Crippen molar-refractivity contribution in [3.05, 3.63) is 12.7 Å². The molecule has 2 fully saturated rings. The molecule has 0 saturated carbocycles. The average molecular weight is 510 g/mol. The Morgan fingerprint density at radius 3 is 2.18 bits per heavy atom. The summed E-state index contributed by atoms with van der Waals surface area (Å²) in [4.78, 5) is 12.7. The topological polar surface area (TPSA) is 127 Å². The number of aromatic nitrogens is 4. The van der Waals surface area contributed by atoms with E-state index < -0.39 is 41.7 Å². The summed E-state index contributed by atoms with van der Waals surface area (Å²) in [5, 5.41) is 11.5. The lowest BCUT2D eigenvalue weighted by atomic mass is 10.1. The SMILES string of the molecule is CC(C)[Si]1(C(C)C)OC[C@H]2OC(n3cnc4c(N)ncnc43)[C@@H](O)[C@@H]2O[Si](C(C)C)(C(C)C)O1. The number of nitrogen functional groups attached to an aromatic ring is 1. The number of fused-ring (bicyclic) bond motifs is 2. The third kappa shape index (κ3) is 3.92. The summed E-state index contributed by atoms with van der Waals surface area (Å²) in [5.41, 5.74) is 7.73. The van der Waals surface area contributed by atoms with E-state index in [4.69, 9.17) is 23.4 Å². The molecule has 190 valence electrons. The van der Waals surface area contributed by atoms with Gasteiger partial charge in [-0.25, -0.2) is 15.0 Å². The molecule has 1 unspecified atom stereocenters. The van der Waals surface area contributed by atoms with Crippen LogP contribution in [0.15, 0.2) is 12.7 Å². The molecule has 12 heteroatoms. The van der Waals surface area contributed by atoms with Crippen molar-refractivity contribution in [1.29, 1.82) is 0 Å². The Bertz CT molecular complexity index is 1000. The highest BCUT2D eigenvalue weighted by atomic mass is 28.5. The smallest absolute Gasteiger partial charge is 0.335 e. The van der Waals surface area contributed by atoms with Crippen LogP contribution in [0.1, 0.15) is 61.6 Å². The van der Waals surface area contributed by atoms with Crippen LogP contribution in [0.25, 0.3) is 11.2 Å². The van der Waals surface area contributed by atoms with Crippen LogP contribution in [0.5, 0.6) is 0 Å². The summed E-state index contributed by atoms with van der Waals surface area (Å²) in [7, 11) is -5.54. The van der Waals surface area contributed by atoms with Gasteiger partial charge < -0.3 is 28.5 Å². The van der Waals surface area contributed by atoms with Crippen molar-refractivity contribution < 1.29 is 22.8 Å². The number of anilines is 1. The van der Waals surface area contributed by atoms with Crippen molar-refractivity contribution in [2.24, 2.45) is 0 Å². The van der Waals surface area contributed by atoms with Gasteiger partial charge in [0.2, 0.25) is 0 Å². The molecule has 2 saturated heterocycles. The van der Waals surface area contributed by atoms with Crippen LogP contribution >= 0.6 is 0 Å². The van der Waals surface area contributed by atoms with Crippen LogP contribution in [0.2, 0.25) is 22.2 Å². The highest BCUT2D eigenvalue weighted by Crippen LogP contribution is 2.48. The maximum absolute atomic E-state index is 11.5. The number of imidazole rings is 1. The van der Waals surface area contributed by atoms with E-state index in [1.54, 1.807) is 10.9 Å². The van der Waals surface area contributed by atoms with E-state index >= 15 is 0 Å². The minimum absolute atomic E-state index is 0.159. The summed E-state index contributed by atoms with van der Waals surface area (Å²) < 4.78 is 29.0. The van der Waals surface area contributed by atoms with Gasteiger partial charge in [-0.15, -0.1) is 0 Å². The molecule has 0 aliphatic carbocycles. The predicted octanol–water partition coefficient (Wildman–Crippen LogP) is 3.62. The fraction of sp³-hybridized carbons (Fsp3) is 0.773. The number of hydrogen-bond acceptors (Lipinski definition) is 9. The second kappa shape index (κ2) is 9.23. The second-order valence-electron chi connectivity index (χ2n) is 10.7. The van der Waals surface area contributed by atoms with E-state index in [2.05, 4.69) is 70.3 Å². The van der Waals surface area contributed by atoms with Crippen molar-refractivity contribution in [2.75, 3.05) is 12.3 Å². The first-order valence-electron chi connectivity index (χ1n) is 12.2. The van der Waals surface area contributed by atoms with Crippen molar-refractivity contribution in [2.45, 2.75) is 102 Å². The maximum Gasteiger partial charge on any atom is 0.335 e. The molecule has 4 atom stereocenters. The fourth-order valence-corrected chi connectivity index (χ4v) is 16.6. The minimum atomic E-state index is -2.86. The fourth-order valence-electron chi connectivity index (χ4n) is 5.42. The zero-order valence-electron chi connectivity index (χ0n) is 21.4. The van der Waals surface area contributed by atoms with E-state index in [1.807, 2.05) is 0 Å². The van der Waals surface area contributed by atoms with Crippen LogP contribution in [0.3, 0.4) is 0 Å². The molecule has 4 rings (SSSR count). The van der Waals surface area contributed by atoms with E-state index in [0.29, 0.717) is 17.8 Å². The Hall–Kier alpha value is -1.42. The van der Waals surface area contributed by atoms with Crippen LogP contribution in [0.4, 0.5) is 5.82 Å². The molecule has 2 aromatic rings. The van der Waals surface area contributed by atoms with Crippen molar-refractivity contribution in [3.8, 4) is 0 Å². The summed E-state index contributed by atoms with van der Waals surface area (Å²) in [5.74, 6) is 0.283. The molecular formula is C22H39N5O5Si2. The number of ether oxygens (including phenoxy) is 1. The van der Waals surface area contributed by atoms with Crippen molar-refractivity contribution in [1.82, 2.24) is 19.5 Å². The van der Waals surface area contributed by atoms with Gasteiger partial charge in [-0.2, -0.15) is 0 Å². The lowest BCUT2D eigenvalue weighted by molar-refractivity contribution is -0.0570. The monoisotopic (exact) mass is 509 g/mol. The predicted molar refractivity (Wildman–Crippen MR) is 133 cm³/mol. The van der Waals surface area contributed by atoms with Crippen LogP contribution in [0, 0.1) is 0 Å². The zero-order chi connectivity index (χ0) is 25.0. The Balaban J connectivity index is 1.77. The Labute approximate surface area is 203 Å². The molecule has 0 amide bonds. The van der Waals surface area contributed by atoms with Crippen LogP contribution in [-0.2, 0) is 17.7 Å². The minimum Gasteiger partial charge on any atom is -0.414 e. The summed E-state index contributed by atoms with van der Waals surface area (Å²) >= 11 is 0. The van der Waals surface area contributed by atoms with Crippen LogP contribution < -0.4 is 5.73 Å². The van der Waals surface area contributed by atoms with Gasteiger partial charge in [0.25, 0.3) is 0 Å². The largest absolute Gasteiger partial charge is 0.414 e. The van der Waals surface area contributed by atoms with Crippen LogP contribution in [-0.4, -0.2) is 66.7 Å². The van der Waals surface area contributed by atoms with Gasteiger partial charge in [-0.05, 0) is 22.2 Å². The van der Waals surface area contributed by atoms with Gasteiger partial charge >= 0.3 is 17.1 Å². The number of nitrogens with zero attached hydrogens (tertiary/aromatic N) is 4. The first-order chi connectivity index (χ1) is 15.9. The average Bonchev–Trinajstić information content (AvgIpc) is 3.29. The van der Waals surface area contributed by atoms with Crippen molar-refractivity contribution >= 4 is 34.1 Å². The second-order valence-corrected chi connectivity index (χ2v) is 19.5. The number of nitrogens with two attached hydrogens (primary N) is 1. The number of aliphatic hydroxyl groups is 1. The lowest BCUT2D eigenvalue weighted by Crippen LogP contribution is -2.65. The van der Waals surface area contributed by atoms with E-state index in [1.165, 1.54) is 6.33 Å². The van der Waals surface area contributed by atoms with Gasteiger partial charge in [-0.3, -0.25) is 4.57 Å². The third-order valence-corrected chi connectivity index (χ3v) is 17.6. The Morgan fingerprint density at radius 2 is 1.59 bits per heavy atom. The molecule has 4 heterocycles. The Kier molecular flexibility index (Phi) is 6.97. The van der Waals surface area contributed by atoms with Gasteiger partial charge in [0.1, 0.15) is 30.2 Å². The summed E-state index contributed by atoms with van der Waals surface area (Å²) in [6.45, 7) is 17.7. The molecule has 3 N–H and O–H groups in total. The Morgan fingerprint density at radius 1 is 0.971 bits per heavy atom. The molecule has 0 radical (unpaired) electrons. The molecule has 34 heavy (non-hydrogen) atoms. The maximum atomic E-state index is 11.5. The molecular weight excluding hydrogens is 470 g/mol. The zero-order valence-corrected chi connectivity index (χ0v) is 23.4. The summed E-state index contributed by atoms with van der Waals surface area (Å²) in [6, 6.07) is 0. The number of aliphatic hydroxyl groups excluding tert-OH is 1. The van der Waals surface area contributed by atoms with E-state index in [9.17, 15) is 5.11 Å². The highest BCUT2D eigenvalue weighted by molar-refractivity contribution is 6.83.